The van der Waals surface area contributed by atoms with E-state index in [1.807, 2.05) is 6.07 Å². The van der Waals surface area contributed by atoms with Gasteiger partial charge in [-0.3, -0.25) is 9.59 Å². The van der Waals surface area contributed by atoms with Gasteiger partial charge in [0.05, 0.1) is 6.07 Å². The van der Waals surface area contributed by atoms with Crippen LogP contribution in [-0.2, 0) is 14.3 Å². The molecular weight excluding hydrogens is 246 g/mol. The Morgan fingerprint density at radius 1 is 1.00 bits per heavy atom. The van der Waals surface area contributed by atoms with Gasteiger partial charge in [-0.05, 0) is 19.3 Å². The quantitative estimate of drug-likeness (QED) is 0.392. The number of nitrogens with zero attached hydrogens (tertiary/aromatic N) is 1. The number of carbonyl (C=O) groups is 2. The number of hydrogen-bond donors (Lipinski definition) is 1. The van der Waals surface area contributed by atoms with Gasteiger partial charge in [0.15, 0.2) is 6.61 Å². The number of rotatable bonds is 9. The van der Waals surface area contributed by atoms with Crippen molar-refractivity contribution in [3.8, 4) is 17.9 Å². The molecule has 0 aliphatic carbocycles. The third-order valence-corrected chi connectivity index (χ3v) is 2.29. The molecule has 0 saturated heterocycles. The second kappa shape index (κ2) is 12.4. The molecule has 0 rings (SSSR count). The van der Waals surface area contributed by atoms with Crippen molar-refractivity contribution in [1.29, 1.82) is 5.26 Å². The lowest BCUT2D eigenvalue weighted by atomic mass is 10.1. The maximum absolute atomic E-state index is 11.2. The highest BCUT2D eigenvalue weighted by molar-refractivity contribution is 5.69. The summed E-state index contributed by atoms with van der Waals surface area (Å²) in [6.45, 7) is 0.0838. The largest absolute Gasteiger partial charge is 0.481 e. The molecule has 0 fully saturated rings. The minimum atomic E-state index is -0.811. The Balaban J connectivity index is 3.39. The van der Waals surface area contributed by atoms with E-state index in [0.717, 1.165) is 6.42 Å². The molecule has 0 unspecified atom stereocenters. The number of carbonyl (C=O) groups excluding carboxylic acids is 1. The van der Waals surface area contributed by atoms with Gasteiger partial charge < -0.3 is 9.84 Å². The summed E-state index contributed by atoms with van der Waals surface area (Å²) in [4.78, 5) is 21.5. The number of carboxylic acids is 1. The first-order chi connectivity index (χ1) is 9.16. The molecule has 0 aromatic carbocycles. The first kappa shape index (κ1) is 17.0. The Morgan fingerprint density at radius 2 is 1.74 bits per heavy atom. The van der Waals surface area contributed by atoms with Gasteiger partial charge in [0, 0.05) is 25.7 Å². The van der Waals surface area contributed by atoms with Crippen molar-refractivity contribution in [1.82, 2.24) is 0 Å². The summed E-state index contributed by atoms with van der Waals surface area (Å²) in [5.41, 5.74) is 0. The van der Waals surface area contributed by atoms with Crippen molar-refractivity contribution in [3.63, 3.8) is 0 Å². The van der Waals surface area contributed by atoms with Crippen LogP contribution in [0.2, 0.25) is 0 Å². The standard InChI is InChI=1S/C14H19NO4/c15-11-7-2-1-3-8-12-19-14(18)10-6-4-5-9-13(16)17/h1-2,4-7,9-10,12H2,(H,16,17). The fraction of sp³-hybridized carbons (Fsp3) is 0.643. The summed E-state index contributed by atoms with van der Waals surface area (Å²) in [5, 5.41) is 16.7. The highest BCUT2D eigenvalue weighted by Crippen LogP contribution is 2.03. The molecule has 0 heterocycles. The van der Waals surface area contributed by atoms with Crippen molar-refractivity contribution < 1.29 is 19.4 Å². The Hall–Kier alpha value is -2.01. The van der Waals surface area contributed by atoms with Gasteiger partial charge in [-0.2, -0.15) is 5.26 Å². The molecule has 19 heavy (non-hydrogen) atoms. The molecule has 0 aromatic heterocycles. The minimum absolute atomic E-state index is 0.0838. The number of hydrogen-bond acceptors (Lipinski definition) is 4. The average Bonchev–Trinajstić information content (AvgIpc) is 2.37. The zero-order chi connectivity index (χ0) is 14.3. The summed E-state index contributed by atoms with van der Waals surface area (Å²) in [6.07, 6.45) is 4.25. The number of esters is 1. The Kier molecular flexibility index (Phi) is 11.1. The zero-order valence-corrected chi connectivity index (χ0v) is 11.0. The summed E-state index contributed by atoms with van der Waals surface area (Å²) in [6, 6.07) is 2.03. The van der Waals surface area contributed by atoms with E-state index in [1.165, 1.54) is 0 Å². The Bertz CT molecular complexity index is 373. The third-order valence-electron chi connectivity index (χ3n) is 2.29. The first-order valence-electron chi connectivity index (χ1n) is 6.37. The molecule has 0 aliphatic heterocycles. The maximum atomic E-state index is 11.2. The van der Waals surface area contributed by atoms with E-state index in [9.17, 15) is 9.59 Å². The number of nitriles is 1. The van der Waals surface area contributed by atoms with Gasteiger partial charge >= 0.3 is 11.9 Å². The second-order valence-electron chi connectivity index (χ2n) is 3.98. The fourth-order valence-corrected chi connectivity index (χ4v) is 1.31. The average molecular weight is 265 g/mol. The van der Waals surface area contributed by atoms with Crippen molar-refractivity contribution in [2.75, 3.05) is 6.61 Å². The van der Waals surface area contributed by atoms with Gasteiger partial charge in [0.25, 0.3) is 0 Å². The molecule has 0 aliphatic rings. The van der Waals surface area contributed by atoms with Crippen molar-refractivity contribution in [3.05, 3.63) is 0 Å². The minimum Gasteiger partial charge on any atom is -0.481 e. The van der Waals surface area contributed by atoms with Crippen LogP contribution in [-0.4, -0.2) is 23.7 Å². The molecule has 0 aromatic rings. The highest BCUT2D eigenvalue weighted by atomic mass is 16.5. The molecule has 0 saturated carbocycles. The lowest BCUT2D eigenvalue weighted by Gasteiger charge is -2.00. The van der Waals surface area contributed by atoms with Crippen LogP contribution in [0.4, 0.5) is 0 Å². The van der Waals surface area contributed by atoms with Crippen LogP contribution >= 0.6 is 0 Å². The van der Waals surface area contributed by atoms with Crippen molar-refractivity contribution in [2.24, 2.45) is 0 Å². The number of aliphatic carboxylic acids is 1. The SMILES string of the molecule is N#CCCCC#CCOC(=O)CCCCCC(=O)O. The van der Waals surface area contributed by atoms with Crippen molar-refractivity contribution >= 4 is 11.9 Å². The molecule has 0 bridgehead atoms. The van der Waals surface area contributed by atoms with E-state index in [2.05, 4.69) is 11.8 Å². The summed E-state index contributed by atoms with van der Waals surface area (Å²) < 4.78 is 4.88. The topological polar surface area (TPSA) is 87.4 Å². The van der Waals surface area contributed by atoms with Crippen LogP contribution in [0.15, 0.2) is 0 Å². The van der Waals surface area contributed by atoms with E-state index in [0.29, 0.717) is 38.5 Å². The predicted octanol–water partition coefficient (Wildman–Crippen LogP) is 2.26. The van der Waals surface area contributed by atoms with Gasteiger partial charge in [-0.1, -0.05) is 18.3 Å². The molecule has 0 radical (unpaired) electrons. The van der Waals surface area contributed by atoms with E-state index < -0.39 is 5.97 Å². The van der Waals surface area contributed by atoms with Crippen LogP contribution in [0.25, 0.3) is 0 Å². The Labute approximate surface area is 113 Å². The lowest BCUT2D eigenvalue weighted by Crippen LogP contribution is -2.04. The first-order valence-corrected chi connectivity index (χ1v) is 6.37. The van der Waals surface area contributed by atoms with Crippen LogP contribution in [0.1, 0.15) is 51.4 Å². The molecule has 1 N–H and O–H groups in total. The smallest absolute Gasteiger partial charge is 0.306 e. The number of unbranched alkanes of at least 4 members (excludes halogenated alkanes) is 4. The van der Waals surface area contributed by atoms with E-state index in [-0.39, 0.29) is 19.0 Å². The number of carboxylic acid groups (broad SMARTS) is 1. The molecule has 5 heteroatoms. The summed E-state index contributed by atoms with van der Waals surface area (Å²) >= 11 is 0. The van der Waals surface area contributed by atoms with E-state index in [1.54, 1.807) is 0 Å². The van der Waals surface area contributed by atoms with Crippen molar-refractivity contribution in [2.45, 2.75) is 51.4 Å². The molecule has 5 nitrogen and oxygen atoms in total. The third kappa shape index (κ3) is 13.9. The molecule has 0 amide bonds. The molecule has 0 spiro atoms. The lowest BCUT2D eigenvalue weighted by molar-refractivity contribution is -0.142. The molecule has 0 atom stereocenters. The van der Waals surface area contributed by atoms with E-state index in [4.69, 9.17) is 15.1 Å². The van der Waals surface area contributed by atoms with Gasteiger partial charge in [0.2, 0.25) is 0 Å². The summed E-state index contributed by atoms with van der Waals surface area (Å²) in [5.74, 6) is 4.42. The van der Waals surface area contributed by atoms with Crippen LogP contribution in [0, 0.1) is 23.2 Å². The van der Waals surface area contributed by atoms with Gasteiger partial charge in [-0.15, -0.1) is 0 Å². The fourth-order valence-electron chi connectivity index (χ4n) is 1.31. The van der Waals surface area contributed by atoms with Crippen LogP contribution < -0.4 is 0 Å². The monoisotopic (exact) mass is 265 g/mol. The predicted molar refractivity (Wildman–Crippen MR) is 68.9 cm³/mol. The maximum Gasteiger partial charge on any atom is 0.306 e. The zero-order valence-electron chi connectivity index (χ0n) is 11.0. The number of ether oxygens (including phenoxy) is 1. The van der Waals surface area contributed by atoms with E-state index >= 15 is 0 Å². The van der Waals surface area contributed by atoms with Gasteiger partial charge in [0.1, 0.15) is 0 Å². The molecule has 104 valence electrons. The molecular formula is C14H19NO4. The summed E-state index contributed by atoms with van der Waals surface area (Å²) in [7, 11) is 0. The van der Waals surface area contributed by atoms with Gasteiger partial charge in [-0.25, -0.2) is 0 Å². The Morgan fingerprint density at radius 3 is 2.42 bits per heavy atom. The van der Waals surface area contributed by atoms with Crippen LogP contribution in [0.5, 0.6) is 0 Å². The second-order valence-corrected chi connectivity index (χ2v) is 3.98. The highest BCUT2D eigenvalue weighted by Gasteiger charge is 2.02. The van der Waals surface area contributed by atoms with Crippen LogP contribution in [0.3, 0.4) is 0 Å². The normalized spacial score (nSPS) is 9.00.